The second kappa shape index (κ2) is 6.95. The number of fused-ring (bicyclic) bond motifs is 2. The van der Waals surface area contributed by atoms with Gasteiger partial charge in [-0.25, -0.2) is 4.99 Å². The first-order valence-electron chi connectivity index (χ1n) is 9.02. The third-order valence-electron chi connectivity index (χ3n) is 5.13. The van der Waals surface area contributed by atoms with E-state index >= 15 is 0 Å². The molecule has 0 aromatic heterocycles. The van der Waals surface area contributed by atoms with Crippen molar-refractivity contribution in [3.8, 4) is 11.5 Å². The molecule has 146 valence electrons. The van der Waals surface area contributed by atoms with Gasteiger partial charge in [0.2, 0.25) is 6.79 Å². The van der Waals surface area contributed by atoms with E-state index in [1.165, 1.54) is 0 Å². The second-order valence-electron chi connectivity index (χ2n) is 6.87. The maximum absolute atomic E-state index is 12.1. The van der Waals surface area contributed by atoms with Gasteiger partial charge in [0, 0.05) is 27.7 Å². The molecule has 5 rings (SSSR count). The number of hydrogen-bond acceptors (Lipinski definition) is 5. The first-order valence-corrected chi connectivity index (χ1v) is 9.78. The number of nitrogens with zero attached hydrogens (tertiary/aromatic N) is 2. The van der Waals surface area contributed by atoms with Crippen molar-refractivity contribution in [2.75, 3.05) is 6.79 Å². The lowest BCUT2D eigenvalue weighted by Gasteiger charge is -2.42. The normalized spacial score (nSPS) is 19.3. The number of aliphatic hydroxyl groups is 1. The molecule has 0 amide bonds. The van der Waals surface area contributed by atoms with Crippen LogP contribution in [0.15, 0.2) is 65.7 Å². The first-order chi connectivity index (χ1) is 14.1. The van der Waals surface area contributed by atoms with Crippen molar-refractivity contribution >= 4 is 35.2 Å². The highest BCUT2D eigenvalue weighted by molar-refractivity contribution is 6.31. The van der Waals surface area contributed by atoms with Crippen LogP contribution in [0.2, 0.25) is 10.0 Å². The van der Waals surface area contributed by atoms with Gasteiger partial charge >= 0.3 is 0 Å². The Hall–Kier alpha value is -2.73. The van der Waals surface area contributed by atoms with Crippen LogP contribution < -0.4 is 9.47 Å². The minimum atomic E-state index is -1.54. The summed E-state index contributed by atoms with van der Waals surface area (Å²) < 4.78 is 10.9. The number of ether oxygens (including phenoxy) is 2. The first kappa shape index (κ1) is 18.3. The maximum atomic E-state index is 12.1. The fourth-order valence-electron chi connectivity index (χ4n) is 3.71. The van der Waals surface area contributed by atoms with Crippen molar-refractivity contribution in [1.29, 1.82) is 0 Å². The Morgan fingerprint density at radius 3 is 2.66 bits per heavy atom. The van der Waals surface area contributed by atoms with E-state index in [9.17, 15) is 5.11 Å². The molecule has 2 aliphatic rings. The van der Waals surface area contributed by atoms with Crippen LogP contribution in [0, 0.1) is 0 Å². The van der Waals surface area contributed by atoms with Crippen LogP contribution in [0.25, 0.3) is 0 Å². The van der Waals surface area contributed by atoms with Crippen molar-refractivity contribution in [2.24, 2.45) is 4.99 Å². The summed E-state index contributed by atoms with van der Waals surface area (Å²) in [6, 6.07) is 18.2. The summed E-state index contributed by atoms with van der Waals surface area (Å²) in [6.45, 7) is 0.577. The van der Waals surface area contributed by atoms with Gasteiger partial charge in [0.15, 0.2) is 17.2 Å². The molecule has 0 bridgehead atoms. The zero-order valence-electron chi connectivity index (χ0n) is 15.2. The van der Waals surface area contributed by atoms with Gasteiger partial charge in [0.05, 0.1) is 12.0 Å². The lowest BCUT2D eigenvalue weighted by atomic mass is 9.90. The Bertz CT molecular complexity index is 1130. The Morgan fingerprint density at radius 2 is 1.79 bits per heavy atom. The summed E-state index contributed by atoms with van der Waals surface area (Å²) in [6.07, 6.45) is 1.63. The number of benzene rings is 3. The van der Waals surface area contributed by atoms with Crippen LogP contribution >= 0.6 is 23.2 Å². The van der Waals surface area contributed by atoms with Crippen molar-refractivity contribution in [1.82, 2.24) is 4.90 Å². The molecule has 5 nitrogen and oxygen atoms in total. The minimum Gasteiger partial charge on any atom is -0.454 e. The molecule has 29 heavy (non-hydrogen) atoms. The van der Waals surface area contributed by atoms with Crippen molar-refractivity contribution < 1.29 is 14.6 Å². The van der Waals surface area contributed by atoms with Crippen LogP contribution in [0.4, 0.5) is 5.69 Å². The fourth-order valence-corrected chi connectivity index (χ4v) is 4.14. The number of aliphatic imine (C=N–C) groups is 1. The molecule has 7 heteroatoms. The zero-order chi connectivity index (χ0) is 20.0. The largest absolute Gasteiger partial charge is 0.454 e. The highest BCUT2D eigenvalue weighted by Crippen LogP contribution is 2.45. The van der Waals surface area contributed by atoms with Crippen LogP contribution in [0.5, 0.6) is 11.5 Å². The summed E-state index contributed by atoms with van der Waals surface area (Å²) in [5.41, 5.74) is 1.14. The molecule has 1 atom stereocenters. The summed E-state index contributed by atoms with van der Waals surface area (Å²) in [5.74, 6) is 1.39. The molecular formula is C22H16Cl2N2O3. The summed E-state index contributed by atoms with van der Waals surface area (Å²) in [4.78, 5) is 6.26. The molecule has 0 spiro atoms. The Labute approximate surface area is 177 Å². The minimum absolute atomic E-state index is 0.208. The number of halogens is 2. The van der Waals surface area contributed by atoms with Crippen molar-refractivity contribution in [3.63, 3.8) is 0 Å². The molecular weight excluding hydrogens is 411 g/mol. The van der Waals surface area contributed by atoms with Gasteiger partial charge in [-0.15, -0.1) is 0 Å². The van der Waals surface area contributed by atoms with E-state index in [2.05, 4.69) is 4.99 Å². The molecule has 3 aromatic carbocycles. The average molecular weight is 427 g/mol. The third-order valence-corrected chi connectivity index (χ3v) is 5.69. The molecule has 3 aromatic rings. The predicted molar refractivity (Wildman–Crippen MR) is 112 cm³/mol. The van der Waals surface area contributed by atoms with E-state index in [1.807, 2.05) is 30.3 Å². The van der Waals surface area contributed by atoms with Gasteiger partial charge in [-0.1, -0.05) is 47.5 Å². The van der Waals surface area contributed by atoms with Crippen LogP contribution in [0.1, 0.15) is 16.7 Å². The van der Waals surface area contributed by atoms with Gasteiger partial charge in [0.25, 0.3) is 0 Å². The van der Waals surface area contributed by atoms with Gasteiger partial charge in [-0.05, 0) is 42.0 Å². The van der Waals surface area contributed by atoms with Gasteiger partial charge in [-0.3, -0.25) is 0 Å². The Balaban J connectivity index is 1.63. The standard InChI is InChI=1S/C22H16Cl2N2O3/c23-15-6-7-19-17(10-15)22(27,16-3-1-2-4-18(16)24)26(12-25-19)11-14-5-8-20-21(9-14)29-13-28-20/h1-10,12,27H,11,13H2. The Morgan fingerprint density at radius 1 is 0.966 bits per heavy atom. The van der Waals surface area contributed by atoms with Gasteiger partial charge in [0.1, 0.15) is 0 Å². The highest BCUT2D eigenvalue weighted by Gasteiger charge is 2.43. The second-order valence-corrected chi connectivity index (χ2v) is 7.72. The molecule has 0 fully saturated rings. The molecule has 0 saturated carbocycles. The molecule has 1 unspecified atom stereocenters. The molecule has 0 radical (unpaired) electrons. The zero-order valence-corrected chi connectivity index (χ0v) is 16.7. The van der Waals surface area contributed by atoms with Gasteiger partial charge < -0.3 is 19.5 Å². The quantitative estimate of drug-likeness (QED) is 0.633. The number of rotatable bonds is 3. The van der Waals surface area contributed by atoms with Crippen LogP contribution in [-0.4, -0.2) is 23.1 Å². The van der Waals surface area contributed by atoms with E-state index in [4.69, 9.17) is 32.7 Å². The van der Waals surface area contributed by atoms with Crippen LogP contribution in [0.3, 0.4) is 0 Å². The van der Waals surface area contributed by atoms with E-state index < -0.39 is 5.72 Å². The SMILES string of the molecule is OC1(c2ccccc2Cl)c2cc(Cl)ccc2N=CN1Cc1ccc2c(c1)OCO2. The molecule has 0 aliphatic carbocycles. The third kappa shape index (κ3) is 3.02. The molecule has 2 aliphatic heterocycles. The van der Waals surface area contributed by atoms with Crippen molar-refractivity contribution in [3.05, 3.63) is 87.4 Å². The van der Waals surface area contributed by atoms with E-state index in [0.717, 1.165) is 5.56 Å². The van der Waals surface area contributed by atoms with Crippen LogP contribution in [-0.2, 0) is 12.3 Å². The Kier molecular flexibility index (Phi) is 4.39. The monoisotopic (exact) mass is 426 g/mol. The van der Waals surface area contributed by atoms with E-state index in [0.29, 0.717) is 44.9 Å². The summed E-state index contributed by atoms with van der Waals surface area (Å²) >= 11 is 12.8. The predicted octanol–water partition coefficient (Wildman–Crippen LogP) is 5.09. The van der Waals surface area contributed by atoms with Crippen molar-refractivity contribution in [2.45, 2.75) is 12.3 Å². The molecule has 1 N–H and O–H groups in total. The summed E-state index contributed by atoms with van der Waals surface area (Å²) in [5, 5.41) is 13.0. The number of hydrogen-bond donors (Lipinski definition) is 1. The molecule has 2 heterocycles. The smallest absolute Gasteiger partial charge is 0.231 e. The highest BCUT2D eigenvalue weighted by atomic mass is 35.5. The van der Waals surface area contributed by atoms with Gasteiger partial charge in [-0.2, -0.15) is 0 Å². The van der Waals surface area contributed by atoms with E-state index in [-0.39, 0.29) is 6.79 Å². The summed E-state index contributed by atoms with van der Waals surface area (Å²) in [7, 11) is 0. The fraction of sp³-hybridized carbons (Fsp3) is 0.136. The average Bonchev–Trinajstić information content (AvgIpc) is 3.19. The lowest BCUT2D eigenvalue weighted by Crippen LogP contribution is -2.47. The maximum Gasteiger partial charge on any atom is 0.231 e. The topological polar surface area (TPSA) is 54.3 Å². The lowest BCUT2D eigenvalue weighted by molar-refractivity contribution is -0.0408. The molecule has 0 saturated heterocycles. The van der Waals surface area contributed by atoms with E-state index in [1.54, 1.807) is 41.6 Å².